The molecular formula is C26H27N3O2. The van der Waals surface area contributed by atoms with Crippen LogP contribution in [0.1, 0.15) is 49.7 Å². The van der Waals surface area contributed by atoms with Crippen LogP contribution in [0.4, 0.5) is 0 Å². The fraction of sp³-hybridized carbons (Fsp3) is 0.308. The summed E-state index contributed by atoms with van der Waals surface area (Å²) in [5, 5.41) is 8.97. The van der Waals surface area contributed by atoms with Crippen molar-refractivity contribution in [2.75, 3.05) is 20.2 Å². The van der Waals surface area contributed by atoms with E-state index in [2.05, 4.69) is 31.0 Å². The second-order valence-corrected chi connectivity index (χ2v) is 8.38. The standard InChI is InChI=1S/C26H27N3O2/c1-16-9-17(2)23(10-22(16)25-24(15-31-4)18(3)12-28-25)26(30)29-13-21(14-29)20-7-5-19(11-27)6-8-20/h5-10,12,21,28H,13-15H2,1-4H3. The number of methoxy groups -OCH3 is 1. The Morgan fingerprint density at radius 1 is 1.13 bits per heavy atom. The van der Waals surface area contributed by atoms with Gasteiger partial charge in [0.15, 0.2) is 0 Å². The highest BCUT2D eigenvalue weighted by molar-refractivity contribution is 5.98. The Hall–Kier alpha value is -3.36. The third kappa shape index (κ3) is 3.87. The van der Waals surface area contributed by atoms with Gasteiger partial charge in [-0.2, -0.15) is 5.26 Å². The Labute approximate surface area is 183 Å². The summed E-state index contributed by atoms with van der Waals surface area (Å²) in [6.07, 6.45) is 1.99. The molecule has 1 amide bonds. The topological polar surface area (TPSA) is 69.1 Å². The molecule has 1 saturated heterocycles. The number of benzene rings is 2. The molecule has 0 saturated carbocycles. The van der Waals surface area contributed by atoms with Gasteiger partial charge in [0, 0.05) is 49.0 Å². The first-order valence-corrected chi connectivity index (χ1v) is 10.5. The van der Waals surface area contributed by atoms with Crippen molar-refractivity contribution < 1.29 is 9.53 Å². The number of aryl methyl sites for hydroxylation is 3. The lowest BCUT2D eigenvalue weighted by Gasteiger charge is -2.40. The Morgan fingerprint density at radius 2 is 1.84 bits per heavy atom. The monoisotopic (exact) mass is 413 g/mol. The van der Waals surface area contributed by atoms with Gasteiger partial charge in [-0.1, -0.05) is 18.2 Å². The van der Waals surface area contributed by atoms with E-state index in [1.54, 1.807) is 7.11 Å². The van der Waals surface area contributed by atoms with Gasteiger partial charge in [-0.15, -0.1) is 0 Å². The van der Waals surface area contributed by atoms with Crippen LogP contribution in [0.15, 0.2) is 42.6 Å². The second kappa shape index (κ2) is 8.41. The zero-order valence-electron chi connectivity index (χ0n) is 18.5. The first-order chi connectivity index (χ1) is 14.9. The van der Waals surface area contributed by atoms with E-state index in [0.717, 1.165) is 39.1 Å². The first kappa shape index (κ1) is 20.9. The number of ether oxygens (including phenoxy) is 1. The van der Waals surface area contributed by atoms with Gasteiger partial charge in [0.25, 0.3) is 5.91 Å². The van der Waals surface area contributed by atoms with Crippen molar-refractivity contribution in [1.82, 2.24) is 9.88 Å². The Morgan fingerprint density at radius 3 is 2.48 bits per heavy atom. The number of aromatic amines is 1. The van der Waals surface area contributed by atoms with Crippen molar-refractivity contribution in [3.05, 3.63) is 81.5 Å². The number of nitriles is 1. The summed E-state index contributed by atoms with van der Waals surface area (Å²) in [4.78, 5) is 18.6. The van der Waals surface area contributed by atoms with Gasteiger partial charge in [-0.3, -0.25) is 4.79 Å². The molecule has 1 aliphatic rings. The highest BCUT2D eigenvalue weighted by atomic mass is 16.5. The maximum absolute atomic E-state index is 13.3. The third-order valence-corrected chi connectivity index (χ3v) is 6.25. The summed E-state index contributed by atoms with van der Waals surface area (Å²) in [6, 6.07) is 13.9. The Kier molecular flexibility index (Phi) is 5.67. The lowest BCUT2D eigenvalue weighted by molar-refractivity contribution is 0.0601. The molecule has 0 aliphatic carbocycles. The number of aromatic nitrogens is 1. The summed E-state index contributed by atoms with van der Waals surface area (Å²) in [5.74, 6) is 0.390. The van der Waals surface area contributed by atoms with Crippen LogP contribution < -0.4 is 0 Å². The molecule has 2 aromatic carbocycles. The van der Waals surface area contributed by atoms with Crippen LogP contribution in [-0.2, 0) is 11.3 Å². The maximum Gasteiger partial charge on any atom is 0.254 e. The van der Waals surface area contributed by atoms with Gasteiger partial charge in [0.05, 0.1) is 23.9 Å². The molecule has 1 fully saturated rings. The van der Waals surface area contributed by atoms with E-state index < -0.39 is 0 Å². The molecule has 1 N–H and O–H groups in total. The lowest BCUT2D eigenvalue weighted by atomic mass is 9.89. The van der Waals surface area contributed by atoms with E-state index in [1.165, 1.54) is 5.56 Å². The average molecular weight is 414 g/mol. The molecule has 5 heteroatoms. The molecule has 31 heavy (non-hydrogen) atoms. The number of carbonyl (C=O) groups excluding carboxylic acids is 1. The number of carbonyl (C=O) groups is 1. The van der Waals surface area contributed by atoms with Gasteiger partial charge >= 0.3 is 0 Å². The fourth-order valence-electron chi connectivity index (χ4n) is 4.33. The minimum absolute atomic E-state index is 0.0696. The lowest BCUT2D eigenvalue weighted by Crippen LogP contribution is -2.48. The highest BCUT2D eigenvalue weighted by Gasteiger charge is 2.33. The molecule has 158 valence electrons. The minimum Gasteiger partial charge on any atom is -0.380 e. The minimum atomic E-state index is 0.0696. The van der Waals surface area contributed by atoms with Gasteiger partial charge in [-0.25, -0.2) is 0 Å². The molecule has 0 radical (unpaired) electrons. The molecule has 0 unspecified atom stereocenters. The third-order valence-electron chi connectivity index (χ3n) is 6.25. The number of rotatable bonds is 5. The number of nitrogens with one attached hydrogen (secondary N) is 1. The van der Waals surface area contributed by atoms with Crippen molar-refractivity contribution in [2.24, 2.45) is 0 Å². The SMILES string of the molecule is COCc1c(C)c[nH]c1-c1cc(C(=O)N2CC(c3ccc(C#N)cc3)C2)c(C)cc1C. The zero-order valence-corrected chi connectivity index (χ0v) is 18.5. The van der Waals surface area contributed by atoms with E-state index in [1.807, 2.05) is 48.4 Å². The predicted molar refractivity (Wildman–Crippen MR) is 121 cm³/mol. The van der Waals surface area contributed by atoms with E-state index in [-0.39, 0.29) is 5.91 Å². The number of likely N-dealkylation sites (tertiary alicyclic amines) is 1. The maximum atomic E-state index is 13.3. The van der Waals surface area contributed by atoms with Crippen LogP contribution >= 0.6 is 0 Å². The smallest absolute Gasteiger partial charge is 0.254 e. The van der Waals surface area contributed by atoms with Gasteiger partial charge in [-0.05, 0) is 61.2 Å². The van der Waals surface area contributed by atoms with Crippen molar-refractivity contribution in [3.8, 4) is 17.3 Å². The highest BCUT2D eigenvalue weighted by Crippen LogP contribution is 2.33. The van der Waals surface area contributed by atoms with Crippen LogP contribution in [-0.4, -0.2) is 36.0 Å². The number of hydrogen-bond acceptors (Lipinski definition) is 3. The number of H-pyrrole nitrogens is 1. The van der Waals surface area contributed by atoms with E-state index in [4.69, 9.17) is 10.00 Å². The number of nitrogens with zero attached hydrogens (tertiary/aromatic N) is 2. The molecule has 0 bridgehead atoms. The summed E-state index contributed by atoms with van der Waals surface area (Å²) >= 11 is 0. The Bertz CT molecular complexity index is 1160. The van der Waals surface area contributed by atoms with Gasteiger partial charge in [0.2, 0.25) is 0 Å². The van der Waals surface area contributed by atoms with E-state index >= 15 is 0 Å². The quantitative estimate of drug-likeness (QED) is 0.649. The molecule has 0 spiro atoms. The van der Waals surface area contributed by atoms with Crippen molar-refractivity contribution in [2.45, 2.75) is 33.3 Å². The Balaban J connectivity index is 1.57. The first-order valence-electron chi connectivity index (χ1n) is 10.5. The molecule has 5 nitrogen and oxygen atoms in total. The van der Waals surface area contributed by atoms with Gasteiger partial charge in [0.1, 0.15) is 0 Å². The summed E-state index contributed by atoms with van der Waals surface area (Å²) in [6.45, 7) is 8.06. The van der Waals surface area contributed by atoms with Crippen LogP contribution in [0.5, 0.6) is 0 Å². The molecule has 0 atom stereocenters. The normalized spacial score (nSPS) is 13.7. The predicted octanol–water partition coefficient (Wildman–Crippen LogP) is 4.86. The van der Waals surface area contributed by atoms with Crippen LogP contribution in [0.2, 0.25) is 0 Å². The fourth-order valence-corrected chi connectivity index (χ4v) is 4.33. The zero-order chi connectivity index (χ0) is 22.1. The van der Waals surface area contributed by atoms with Crippen molar-refractivity contribution >= 4 is 5.91 Å². The summed E-state index contributed by atoms with van der Waals surface area (Å²) in [7, 11) is 1.70. The summed E-state index contributed by atoms with van der Waals surface area (Å²) < 4.78 is 5.39. The van der Waals surface area contributed by atoms with E-state index in [9.17, 15) is 4.79 Å². The van der Waals surface area contributed by atoms with Crippen LogP contribution in [0.3, 0.4) is 0 Å². The van der Waals surface area contributed by atoms with Crippen LogP contribution in [0, 0.1) is 32.1 Å². The number of hydrogen-bond donors (Lipinski definition) is 1. The average Bonchev–Trinajstić information content (AvgIpc) is 3.08. The molecule has 3 aromatic rings. The molecule has 4 rings (SSSR count). The molecule has 1 aliphatic heterocycles. The van der Waals surface area contributed by atoms with Crippen molar-refractivity contribution in [1.29, 1.82) is 5.26 Å². The van der Waals surface area contributed by atoms with Crippen LogP contribution in [0.25, 0.3) is 11.3 Å². The van der Waals surface area contributed by atoms with Gasteiger partial charge < -0.3 is 14.6 Å². The summed E-state index contributed by atoms with van der Waals surface area (Å²) in [5.41, 5.74) is 9.03. The molecule has 2 heterocycles. The largest absolute Gasteiger partial charge is 0.380 e. The molecular weight excluding hydrogens is 386 g/mol. The van der Waals surface area contributed by atoms with E-state index in [0.29, 0.717) is 31.2 Å². The number of amides is 1. The second-order valence-electron chi connectivity index (χ2n) is 8.38. The van der Waals surface area contributed by atoms with Crippen molar-refractivity contribution in [3.63, 3.8) is 0 Å². The molecule has 1 aromatic heterocycles.